The summed E-state index contributed by atoms with van der Waals surface area (Å²) in [6.45, 7) is 1.68. The van der Waals surface area contributed by atoms with Crippen LogP contribution in [0.5, 0.6) is 0 Å². The minimum absolute atomic E-state index is 0.210. The van der Waals surface area contributed by atoms with Crippen molar-refractivity contribution >= 4 is 17.8 Å². The Bertz CT molecular complexity index is 350. The Morgan fingerprint density at radius 1 is 1.40 bits per heavy atom. The molecule has 15 heavy (non-hydrogen) atoms. The van der Waals surface area contributed by atoms with Crippen LogP contribution in [0, 0.1) is 0 Å². The number of aliphatic carboxylic acids is 1. The van der Waals surface area contributed by atoms with E-state index in [-0.39, 0.29) is 23.9 Å². The zero-order valence-electron chi connectivity index (χ0n) is 8.27. The zero-order chi connectivity index (χ0) is 11.4. The SMILES string of the molecule is C/C(=C\CCN1C(=O)C=CC1=O)C(=O)O. The quantitative estimate of drug-likeness (QED) is 0.535. The molecular weight excluding hydrogens is 198 g/mol. The minimum Gasteiger partial charge on any atom is -0.478 e. The number of rotatable bonds is 4. The van der Waals surface area contributed by atoms with E-state index in [0.29, 0.717) is 6.42 Å². The van der Waals surface area contributed by atoms with E-state index in [0.717, 1.165) is 4.90 Å². The lowest BCUT2D eigenvalue weighted by molar-refractivity contribution is -0.136. The second-order valence-electron chi connectivity index (χ2n) is 3.14. The first-order valence-electron chi connectivity index (χ1n) is 4.46. The van der Waals surface area contributed by atoms with Gasteiger partial charge >= 0.3 is 5.97 Å². The van der Waals surface area contributed by atoms with Gasteiger partial charge in [0, 0.05) is 24.3 Å². The third-order valence-corrected chi connectivity index (χ3v) is 2.04. The van der Waals surface area contributed by atoms with Crippen LogP contribution < -0.4 is 0 Å². The van der Waals surface area contributed by atoms with Crippen molar-refractivity contribution in [1.82, 2.24) is 4.90 Å². The van der Waals surface area contributed by atoms with Crippen molar-refractivity contribution in [3.8, 4) is 0 Å². The molecule has 0 aromatic rings. The largest absolute Gasteiger partial charge is 0.478 e. The molecule has 2 amide bonds. The van der Waals surface area contributed by atoms with E-state index in [1.165, 1.54) is 25.2 Å². The molecule has 0 saturated heterocycles. The lowest BCUT2D eigenvalue weighted by atomic mass is 10.2. The molecule has 1 rings (SSSR count). The molecule has 1 aliphatic heterocycles. The molecule has 5 heteroatoms. The van der Waals surface area contributed by atoms with Crippen molar-refractivity contribution in [1.29, 1.82) is 0 Å². The molecule has 0 radical (unpaired) electrons. The zero-order valence-corrected chi connectivity index (χ0v) is 8.27. The van der Waals surface area contributed by atoms with Crippen LogP contribution in [0.1, 0.15) is 13.3 Å². The maximum absolute atomic E-state index is 11.1. The average Bonchev–Trinajstić information content (AvgIpc) is 2.48. The number of carboxylic acids is 1. The first-order chi connectivity index (χ1) is 7.02. The van der Waals surface area contributed by atoms with Gasteiger partial charge in [-0.2, -0.15) is 0 Å². The lowest BCUT2D eigenvalue weighted by Gasteiger charge is -2.11. The summed E-state index contributed by atoms with van der Waals surface area (Å²) in [7, 11) is 0. The van der Waals surface area contributed by atoms with Gasteiger partial charge in [0.05, 0.1) is 0 Å². The molecule has 0 spiro atoms. The molecule has 0 saturated carbocycles. The molecule has 0 atom stereocenters. The fourth-order valence-electron chi connectivity index (χ4n) is 1.15. The number of carboxylic acid groups (broad SMARTS) is 1. The predicted molar refractivity (Wildman–Crippen MR) is 51.9 cm³/mol. The van der Waals surface area contributed by atoms with E-state index in [1.54, 1.807) is 0 Å². The molecule has 0 unspecified atom stereocenters. The van der Waals surface area contributed by atoms with Crippen LogP contribution in [-0.4, -0.2) is 34.3 Å². The molecule has 1 aliphatic rings. The van der Waals surface area contributed by atoms with Crippen LogP contribution in [-0.2, 0) is 14.4 Å². The van der Waals surface area contributed by atoms with Gasteiger partial charge < -0.3 is 5.11 Å². The Kier molecular flexibility index (Phi) is 3.38. The summed E-state index contributed by atoms with van der Waals surface area (Å²) in [6, 6.07) is 0. The van der Waals surface area contributed by atoms with E-state index in [9.17, 15) is 14.4 Å². The van der Waals surface area contributed by atoms with E-state index < -0.39 is 5.97 Å². The monoisotopic (exact) mass is 209 g/mol. The number of nitrogens with zero attached hydrogens (tertiary/aromatic N) is 1. The number of imide groups is 1. The molecule has 0 aromatic carbocycles. The summed E-state index contributed by atoms with van der Waals surface area (Å²) in [4.78, 5) is 33.7. The number of carbonyl (C=O) groups excluding carboxylic acids is 2. The van der Waals surface area contributed by atoms with Gasteiger partial charge in [-0.15, -0.1) is 0 Å². The van der Waals surface area contributed by atoms with Crippen molar-refractivity contribution < 1.29 is 19.5 Å². The van der Waals surface area contributed by atoms with Gasteiger partial charge in [0.15, 0.2) is 0 Å². The average molecular weight is 209 g/mol. The molecular formula is C10H11NO4. The molecule has 0 bridgehead atoms. The molecule has 0 fully saturated rings. The van der Waals surface area contributed by atoms with Gasteiger partial charge in [0.25, 0.3) is 11.8 Å². The summed E-state index contributed by atoms with van der Waals surface area (Å²) in [5.74, 6) is -1.69. The third kappa shape index (κ3) is 2.77. The highest BCUT2D eigenvalue weighted by atomic mass is 16.4. The fourth-order valence-corrected chi connectivity index (χ4v) is 1.15. The third-order valence-electron chi connectivity index (χ3n) is 2.04. The fraction of sp³-hybridized carbons (Fsp3) is 0.300. The van der Waals surface area contributed by atoms with Gasteiger partial charge in [-0.3, -0.25) is 14.5 Å². The second-order valence-corrected chi connectivity index (χ2v) is 3.14. The smallest absolute Gasteiger partial charge is 0.330 e. The van der Waals surface area contributed by atoms with Gasteiger partial charge in [-0.1, -0.05) is 6.08 Å². The number of carbonyl (C=O) groups is 3. The molecule has 0 aromatic heterocycles. The van der Waals surface area contributed by atoms with Crippen molar-refractivity contribution in [2.45, 2.75) is 13.3 Å². The van der Waals surface area contributed by atoms with Gasteiger partial charge in [0.1, 0.15) is 0 Å². The first kappa shape index (κ1) is 11.2. The first-order valence-corrected chi connectivity index (χ1v) is 4.46. The standard InChI is InChI=1S/C10H11NO4/c1-7(10(14)15)3-2-6-11-8(12)4-5-9(11)13/h3-5H,2,6H2,1H3,(H,14,15)/b7-3+. The van der Waals surface area contributed by atoms with Gasteiger partial charge in [-0.05, 0) is 13.3 Å². The summed E-state index contributed by atoms with van der Waals surface area (Å²) in [6.07, 6.45) is 4.25. The number of hydrogen-bond donors (Lipinski definition) is 1. The molecule has 1 heterocycles. The maximum Gasteiger partial charge on any atom is 0.330 e. The summed E-state index contributed by atoms with van der Waals surface area (Å²) < 4.78 is 0. The Hall–Kier alpha value is -1.91. The molecule has 0 aliphatic carbocycles. The highest BCUT2D eigenvalue weighted by Gasteiger charge is 2.21. The van der Waals surface area contributed by atoms with Gasteiger partial charge in [0.2, 0.25) is 0 Å². The van der Waals surface area contributed by atoms with E-state index in [4.69, 9.17) is 5.11 Å². The van der Waals surface area contributed by atoms with Crippen molar-refractivity contribution in [3.05, 3.63) is 23.8 Å². The van der Waals surface area contributed by atoms with E-state index >= 15 is 0 Å². The Balaban J connectivity index is 2.45. The van der Waals surface area contributed by atoms with Crippen LogP contribution in [0.15, 0.2) is 23.8 Å². The summed E-state index contributed by atoms with van der Waals surface area (Å²) in [5.41, 5.74) is 0.210. The van der Waals surface area contributed by atoms with Crippen LogP contribution in [0.4, 0.5) is 0 Å². The minimum atomic E-state index is -0.993. The van der Waals surface area contributed by atoms with Crippen LogP contribution >= 0.6 is 0 Å². The van der Waals surface area contributed by atoms with Gasteiger partial charge in [-0.25, -0.2) is 4.79 Å². The van der Waals surface area contributed by atoms with E-state index in [1.807, 2.05) is 0 Å². The molecule has 5 nitrogen and oxygen atoms in total. The lowest BCUT2D eigenvalue weighted by Crippen LogP contribution is -2.30. The highest BCUT2D eigenvalue weighted by molar-refractivity contribution is 6.12. The van der Waals surface area contributed by atoms with Crippen molar-refractivity contribution in [3.63, 3.8) is 0 Å². The number of amides is 2. The summed E-state index contributed by atoms with van der Waals surface area (Å²) in [5, 5.41) is 8.55. The highest BCUT2D eigenvalue weighted by Crippen LogP contribution is 2.05. The Morgan fingerprint density at radius 3 is 2.40 bits per heavy atom. The molecule has 80 valence electrons. The van der Waals surface area contributed by atoms with Crippen molar-refractivity contribution in [2.75, 3.05) is 6.54 Å². The number of hydrogen-bond acceptors (Lipinski definition) is 3. The topological polar surface area (TPSA) is 74.7 Å². The van der Waals surface area contributed by atoms with E-state index in [2.05, 4.69) is 0 Å². The summed E-state index contributed by atoms with van der Waals surface area (Å²) >= 11 is 0. The Labute approximate surface area is 86.7 Å². The predicted octanol–water partition coefficient (Wildman–Crippen LogP) is 0.332. The normalized spacial score (nSPS) is 16.3. The van der Waals surface area contributed by atoms with Crippen LogP contribution in [0.3, 0.4) is 0 Å². The molecule has 1 N–H and O–H groups in total. The van der Waals surface area contributed by atoms with Crippen LogP contribution in [0.25, 0.3) is 0 Å². The van der Waals surface area contributed by atoms with Crippen LogP contribution in [0.2, 0.25) is 0 Å². The second kappa shape index (κ2) is 4.54. The van der Waals surface area contributed by atoms with Crippen molar-refractivity contribution in [2.24, 2.45) is 0 Å². The Morgan fingerprint density at radius 2 is 1.93 bits per heavy atom. The maximum atomic E-state index is 11.1.